The second kappa shape index (κ2) is 6.23. The summed E-state index contributed by atoms with van der Waals surface area (Å²) < 4.78 is 28.2. The topological polar surface area (TPSA) is 75.3 Å². The quantitative estimate of drug-likeness (QED) is 0.799. The molecule has 116 valence electrons. The molecule has 1 aliphatic rings. The third-order valence-electron chi connectivity index (χ3n) is 2.93. The maximum atomic E-state index is 12.3. The fourth-order valence-corrected chi connectivity index (χ4v) is 6.00. The first kappa shape index (κ1) is 15.9. The van der Waals surface area contributed by atoms with Crippen LogP contribution in [0.4, 0.5) is 5.69 Å². The Balaban J connectivity index is 1.82. The molecule has 1 fully saturated rings. The van der Waals surface area contributed by atoms with E-state index in [0.29, 0.717) is 11.4 Å². The third-order valence-corrected chi connectivity index (χ3v) is 7.58. The standard InChI is InChI=1S/C13H11BrN2O3S3/c14-10-4-5-12(21-10)22(18,19)16-9-3-1-2-8(6-9)13-15-11(17)7-20-13/h1-6,13,16H,7H2,(H,15,17)/t13-/m1/s1. The number of amides is 1. The number of anilines is 1. The zero-order valence-electron chi connectivity index (χ0n) is 11.1. The van der Waals surface area contributed by atoms with E-state index in [9.17, 15) is 13.2 Å². The summed E-state index contributed by atoms with van der Waals surface area (Å²) in [5.74, 6) is 0.411. The molecule has 0 unspecified atom stereocenters. The second-order valence-corrected chi connectivity index (χ2v) is 10.0. The normalized spacial score (nSPS) is 18.2. The number of hydrogen-bond acceptors (Lipinski definition) is 5. The third kappa shape index (κ3) is 3.48. The molecular formula is C13H11BrN2O3S3. The van der Waals surface area contributed by atoms with Crippen molar-refractivity contribution in [1.29, 1.82) is 0 Å². The fraction of sp³-hybridized carbons (Fsp3) is 0.154. The molecule has 0 radical (unpaired) electrons. The highest BCUT2D eigenvalue weighted by atomic mass is 79.9. The maximum Gasteiger partial charge on any atom is 0.271 e. The van der Waals surface area contributed by atoms with Crippen molar-refractivity contribution < 1.29 is 13.2 Å². The average Bonchev–Trinajstić information content (AvgIpc) is 3.08. The Kier molecular flexibility index (Phi) is 4.49. The van der Waals surface area contributed by atoms with Crippen molar-refractivity contribution in [1.82, 2.24) is 5.32 Å². The number of rotatable bonds is 4. The molecule has 1 aromatic carbocycles. The largest absolute Gasteiger partial charge is 0.339 e. The molecule has 1 saturated heterocycles. The molecule has 0 bridgehead atoms. The Bertz CT molecular complexity index is 819. The zero-order valence-corrected chi connectivity index (χ0v) is 15.1. The van der Waals surface area contributed by atoms with Gasteiger partial charge in [0, 0.05) is 5.69 Å². The van der Waals surface area contributed by atoms with E-state index >= 15 is 0 Å². The van der Waals surface area contributed by atoms with E-state index in [2.05, 4.69) is 26.0 Å². The molecule has 1 aliphatic heterocycles. The Morgan fingerprint density at radius 2 is 2.09 bits per heavy atom. The van der Waals surface area contributed by atoms with Gasteiger partial charge in [-0.05, 0) is 45.8 Å². The second-order valence-electron chi connectivity index (χ2n) is 4.55. The monoisotopic (exact) mass is 418 g/mol. The maximum absolute atomic E-state index is 12.3. The summed E-state index contributed by atoms with van der Waals surface area (Å²) in [6.07, 6.45) is 0. The van der Waals surface area contributed by atoms with E-state index in [1.807, 2.05) is 6.07 Å². The molecule has 2 N–H and O–H groups in total. The van der Waals surface area contributed by atoms with Gasteiger partial charge in [0.1, 0.15) is 9.58 Å². The highest BCUT2D eigenvalue weighted by Gasteiger charge is 2.23. The van der Waals surface area contributed by atoms with E-state index in [4.69, 9.17) is 0 Å². The lowest BCUT2D eigenvalue weighted by Gasteiger charge is -2.12. The first-order chi connectivity index (χ1) is 10.4. The van der Waals surface area contributed by atoms with Gasteiger partial charge in [0.05, 0.1) is 9.54 Å². The van der Waals surface area contributed by atoms with Crippen LogP contribution >= 0.6 is 39.0 Å². The Labute approximate surface area is 144 Å². The summed E-state index contributed by atoms with van der Waals surface area (Å²) in [4.78, 5) is 11.3. The minimum absolute atomic E-state index is 0.00980. The first-order valence-corrected chi connectivity index (χ1v) is 10.4. The number of thioether (sulfide) groups is 1. The summed E-state index contributed by atoms with van der Waals surface area (Å²) in [6.45, 7) is 0. The SMILES string of the molecule is O=C1CS[C@H](c2cccc(NS(=O)(=O)c3ccc(Br)s3)c2)N1. The number of benzene rings is 1. The van der Waals surface area contributed by atoms with E-state index in [1.165, 1.54) is 11.8 Å². The van der Waals surface area contributed by atoms with Crippen LogP contribution in [0, 0.1) is 0 Å². The van der Waals surface area contributed by atoms with Gasteiger partial charge in [0.25, 0.3) is 10.0 Å². The Hall–Kier alpha value is -1.03. The van der Waals surface area contributed by atoms with Crippen LogP contribution in [0.1, 0.15) is 10.9 Å². The molecule has 0 spiro atoms. The lowest BCUT2D eigenvalue weighted by atomic mass is 10.2. The van der Waals surface area contributed by atoms with Crippen LogP contribution in [-0.2, 0) is 14.8 Å². The van der Waals surface area contributed by atoms with Crippen molar-refractivity contribution >= 4 is 60.6 Å². The zero-order chi connectivity index (χ0) is 15.7. The van der Waals surface area contributed by atoms with E-state index in [1.54, 1.807) is 30.3 Å². The predicted octanol–water partition coefficient (Wildman–Crippen LogP) is 3.17. The molecule has 2 aromatic rings. The molecular weight excluding hydrogens is 408 g/mol. The number of halogens is 1. The molecule has 0 aliphatic carbocycles. The van der Waals surface area contributed by atoms with Crippen molar-refractivity contribution in [3.8, 4) is 0 Å². The van der Waals surface area contributed by atoms with Crippen LogP contribution in [0.3, 0.4) is 0 Å². The van der Waals surface area contributed by atoms with Crippen molar-refractivity contribution in [2.45, 2.75) is 9.58 Å². The molecule has 0 saturated carbocycles. The van der Waals surface area contributed by atoms with Crippen LogP contribution in [0.5, 0.6) is 0 Å². The number of carbonyl (C=O) groups excluding carboxylic acids is 1. The van der Waals surface area contributed by atoms with E-state index < -0.39 is 10.0 Å². The summed E-state index contributed by atoms with van der Waals surface area (Å²) in [6, 6.07) is 10.3. The van der Waals surface area contributed by atoms with E-state index in [0.717, 1.165) is 20.7 Å². The molecule has 1 amide bonds. The van der Waals surface area contributed by atoms with E-state index in [-0.39, 0.29) is 15.5 Å². The lowest BCUT2D eigenvalue weighted by Crippen LogP contribution is -2.19. The van der Waals surface area contributed by atoms with Crippen LogP contribution < -0.4 is 10.0 Å². The molecule has 3 rings (SSSR count). The summed E-state index contributed by atoms with van der Waals surface area (Å²) in [5, 5.41) is 2.71. The number of nitrogens with one attached hydrogen (secondary N) is 2. The summed E-state index contributed by atoms with van der Waals surface area (Å²) in [7, 11) is -3.60. The minimum atomic E-state index is -3.60. The highest BCUT2D eigenvalue weighted by Crippen LogP contribution is 2.32. The Morgan fingerprint density at radius 3 is 2.73 bits per heavy atom. The van der Waals surface area contributed by atoms with Crippen molar-refractivity contribution in [3.63, 3.8) is 0 Å². The van der Waals surface area contributed by atoms with Gasteiger partial charge in [-0.1, -0.05) is 12.1 Å². The molecule has 1 atom stereocenters. The minimum Gasteiger partial charge on any atom is -0.339 e. The van der Waals surface area contributed by atoms with Crippen LogP contribution in [0.2, 0.25) is 0 Å². The van der Waals surface area contributed by atoms with Gasteiger partial charge in [-0.3, -0.25) is 9.52 Å². The van der Waals surface area contributed by atoms with Gasteiger partial charge in [-0.25, -0.2) is 8.42 Å². The smallest absolute Gasteiger partial charge is 0.271 e. The van der Waals surface area contributed by atoms with Gasteiger partial charge >= 0.3 is 0 Å². The first-order valence-electron chi connectivity index (χ1n) is 6.23. The number of sulfonamides is 1. The van der Waals surface area contributed by atoms with Crippen LogP contribution in [-0.4, -0.2) is 20.1 Å². The van der Waals surface area contributed by atoms with Crippen LogP contribution in [0.15, 0.2) is 44.4 Å². The number of thiophene rings is 1. The van der Waals surface area contributed by atoms with Gasteiger partial charge < -0.3 is 5.32 Å². The van der Waals surface area contributed by atoms with Crippen molar-refractivity contribution in [2.75, 3.05) is 10.5 Å². The molecule has 9 heteroatoms. The van der Waals surface area contributed by atoms with Gasteiger partial charge in [0.2, 0.25) is 5.91 Å². The van der Waals surface area contributed by atoms with Crippen molar-refractivity contribution in [3.05, 3.63) is 45.7 Å². The predicted molar refractivity (Wildman–Crippen MR) is 92.6 cm³/mol. The molecule has 2 heterocycles. The molecule has 1 aromatic heterocycles. The highest BCUT2D eigenvalue weighted by molar-refractivity contribution is 9.11. The molecule has 5 nitrogen and oxygen atoms in total. The molecule has 22 heavy (non-hydrogen) atoms. The van der Waals surface area contributed by atoms with Crippen molar-refractivity contribution in [2.24, 2.45) is 0 Å². The fourth-order valence-electron chi connectivity index (χ4n) is 1.98. The lowest BCUT2D eigenvalue weighted by molar-refractivity contribution is -0.118. The number of carbonyl (C=O) groups is 1. The van der Waals surface area contributed by atoms with Gasteiger partial charge in [0.15, 0.2) is 0 Å². The van der Waals surface area contributed by atoms with Gasteiger partial charge in [-0.15, -0.1) is 23.1 Å². The number of hydrogen-bond donors (Lipinski definition) is 2. The average molecular weight is 419 g/mol. The summed E-state index contributed by atoms with van der Waals surface area (Å²) >= 11 is 5.89. The van der Waals surface area contributed by atoms with Crippen LogP contribution in [0.25, 0.3) is 0 Å². The van der Waals surface area contributed by atoms with Gasteiger partial charge in [-0.2, -0.15) is 0 Å². The Morgan fingerprint density at radius 1 is 1.27 bits per heavy atom. The summed E-state index contributed by atoms with van der Waals surface area (Å²) in [5.41, 5.74) is 1.34.